The van der Waals surface area contributed by atoms with Crippen molar-refractivity contribution in [2.45, 2.75) is 19.8 Å². The molecule has 8 nitrogen and oxygen atoms in total. The maximum absolute atomic E-state index is 10.9. The average Bonchev–Trinajstić information content (AvgIpc) is 2.42. The van der Waals surface area contributed by atoms with Gasteiger partial charge in [0.1, 0.15) is 5.82 Å². The Hall–Kier alpha value is -2.38. The van der Waals surface area contributed by atoms with Gasteiger partial charge in [0, 0.05) is 19.7 Å². The van der Waals surface area contributed by atoms with Gasteiger partial charge in [0.25, 0.3) is 5.69 Å². The zero-order valence-corrected chi connectivity index (χ0v) is 10.9. The summed E-state index contributed by atoms with van der Waals surface area (Å²) in [6.45, 7) is 2.84. The van der Waals surface area contributed by atoms with E-state index in [4.69, 9.17) is 10.9 Å². The lowest BCUT2D eigenvalue weighted by Crippen LogP contribution is -2.23. The molecule has 0 saturated heterocycles. The monoisotopic (exact) mass is 267 g/mol. The molecule has 1 heterocycles. The van der Waals surface area contributed by atoms with Crippen molar-refractivity contribution in [1.29, 1.82) is 0 Å². The Morgan fingerprint density at radius 1 is 1.63 bits per heavy atom. The Balaban J connectivity index is 3.15. The Labute approximate surface area is 110 Å². The number of rotatable bonds is 6. The standard InChI is InChI=1S/C11H17N5O3/c1-3-4-7-15(2)9-6-5-8(16(18)19)10(13-9)11(12)14-17/h5-6,17H,3-4,7H2,1-2H3,(H2,12,14). The first-order valence-corrected chi connectivity index (χ1v) is 5.85. The van der Waals surface area contributed by atoms with Crippen LogP contribution >= 0.6 is 0 Å². The number of hydrogen-bond acceptors (Lipinski definition) is 6. The number of pyridine rings is 1. The molecule has 0 aliphatic rings. The van der Waals surface area contributed by atoms with E-state index in [-0.39, 0.29) is 17.2 Å². The lowest BCUT2D eigenvalue weighted by molar-refractivity contribution is -0.385. The van der Waals surface area contributed by atoms with E-state index in [2.05, 4.69) is 17.1 Å². The van der Waals surface area contributed by atoms with E-state index in [1.165, 1.54) is 6.07 Å². The summed E-state index contributed by atoms with van der Waals surface area (Å²) in [5.41, 5.74) is 5.00. The molecule has 0 saturated carbocycles. The summed E-state index contributed by atoms with van der Waals surface area (Å²) in [6, 6.07) is 2.85. The van der Waals surface area contributed by atoms with Gasteiger partial charge in [-0.25, -0.2) is 4.98 Å². The molecule has 0 unspecified atom stereocenters. The molecule has 0 fully saturated rings. The summed E-state index contributed by atoms with van der Waals surface area (Å²) >= 11 is 0. The van der Waals surface area contributed by atoms with E-state index in [1.807, 2.05) is 11.9 Å². The van der Waals surface area contributed by atoms with Crippen LogP contribution in [0.2, 0.25) is 0 Å². The molecule has 0 bridgehead atoms. The van der Waals surface area contributed by atoms with E-state index in [1.54, 1.807) is 6.07 Å². The van der Waals surface area contributed by atoms with Gasteiger partial charge in [0.05, 0.1) is 4.92 Å². The fourth-order valence-electron chi connectivity index (χ4n) is 1.55. The Bertz CT molecular complexity index is 489. The molecule has 0 atom stereocenters. The second-order valence-electron chi connectivity index (χ2n) is 4.05. The molecule has 0 aliphatic carbocycles. The SMILES string of the molecule is CCCCN(C)c1ccc([N+](=O)[O-])c(/C(N)=N/O)n1. The molecular weight excluding hydrogens is 250 g/mol. The maximum atomic E-state index is 10.9. The Morgan fingerprint density at radius 2 is 2.32 bits per heavy atom. The number of amidine groups is 1. The smallest absolute Gasteiger partial charge is 0.298 e. The largest absolute Gasteiger partial charge is 0.409 e. The van der Waals surface area contributed by atoms with E-state index in [0.717, 1.165) is 19.4 Å². The number of nitrogens with zero attached hydrogens (tertiary/aromatic N) is 4. The average molecular weight is 267 g/mol. The highest BCUT2D eigenvalue weighted by molar-refractivity contribution is 5.99. The Morgan fingerprint density at radius 3 is 2.84 bits per heavy atom. The molecule has 1 aromatic rings. The maximum Gasteiger partial charge on any atom is 0.298 e. The third-order valence-corrected chi connectivity index (χ3v) is 2.64. The molecule has 8 heteroatoms. The molecule has 0 amide bonds. The number of hydrogen-bond donors (Lipinski definition) is 2. The lowest BCUT2D eigenvalue weighted by atomic mass is 10.2. The van der Waals surface area contributed by atoms with Crippen molar-refractivity contribution in [2.75, 3.05) is 18.5 Å². The van der Waals surface area contributed by atoms with Gasteiger partial charge >= 0.3 is 0 Å². The molecule has 3 N–H and O–H groups in total. The first-order chi connectivity index (χ1) is 9.01. The predicted octanol–water partition coefficient (Wildman–Crippen LogP) is 1.32. The van der Waals surface area contributed by atoms with Gasteiger partial charge in [-0.3, -0.25) is 10.1 Å². The third-order valence-electron chi connectivity index (χ3n) is 2.64. The van der Waals surface area contributed by atoms with Crippen LogP contribution in [0.4, 0.5) is 11.5 Å². The molecule has 0 spiro atoms. The summed E-state index contributed by atoms with van der Waals surface area (Å²) in [4.78, 5) is 16.2. The van der Waals surface area contributed by atoms with Gasteiger partial charge in [0.2, 0.25) is 0 Å². The van der Waals surface area contributed by atoms with E-state index in [0.29, 0.717) is 5.82 Å². The normalized spacial score (nSPS) is 11.4. The highest BCUT2D eigenvalue weighted by Gasteiger charge is 2.20. The van der Waals surface area contributed by atoms with Crippen LogP contribution in [0.25, 0.3) is 0 Å². The van der Waals surface area contributed by atoms with Crippen LogP contribution in [-0.2, 0) is 0 Å². The van der Waals surface area contributed by atoms with Crippen LogP contribution in [0.15, 0.2) is 17.3 Å². The summed E-state index contributed by atoms with van der Waals surface area (Å²) in [5.74, 6) is 0.165. The molecule has 1 rings (SSSR count). The third kappa shape index (κ3) is 3.54. The van der Waals surface area contributed by atoms with Crippen molar-refractivity contribution in [3.63, 3.8) is 0 Å². The van der Waals surface area contributed by atoms with Crippen molar-refractivity contribution >= 4 is 17.3 Å². The first-order valence-electron chi connectivity index (χ1n) is 5.85. The quantitative estimate of drug-likeness (QED) is 0.264. The van der Waals surface area contributed by atoms with Crippen molar-refractivity contribution < 1.29 is 10.1 Å². The van der Waals surface area contributed by atoms with Crippen molar-refractivity contribution in [3.05, 3.63) is 27.9 Å². The fraction of sp³-hybridized carbons (Fsp3) is 0.455. The second-order valence-corrected chi connectivity index (χ2v) is 4.05. The van der Waals surface area contributed by atoms with Crippen LogP contribution in [-0.4, -0.2) is 34.5 Å². The lowest BCUT2D eigenvalue weighted by Gasteiger charge is -2.18. The zero-order valence-electron chi connectivity index (χ0n) is 10.9. The van der Waals surface area contributed by atoms with Crippen LogP contribution in [0.1, 0.15) is 25.5 Å². The highest BCUT2D eigenvalue weighted by Crippen LogP contribution is 2.20. The molecular formula is C11H17N5O3. The minimum atomic E-state index is -0.615. The Kier molecular flexibility index (Phi) is 5.04. The summed E-state index contributed by atoms with van der Waals surface area (Å²) in [6.07, 6.45) is 2.01. The summed E-state index contributed by atoms with van der Waals surface area (Å²) < 4.78 is 0. The number of anilines is 1. The van der Waals surface area contributed by atoms with Crippen molar-refractivity contribution in [2.24, 2.45) is 10.9 Å². The molecule has 0 aliphatic heterocycles. The van der Waals surface area contributed by atoms with Gasteiger partial charge in [-0.1, -0.05) is 18.5 Å². The van der Waals surface area contributed by atoms with Gasteiger partial charge in [-0.2, -0.15) is 0 Å². The van der Waals surface area contributed by atoms with E-state index < -0.39 is 4.92 Å². The molecule has 0 aromatic carbocycles. The van der Waals surface area contributed by atoms with Gasteiger partial charge in [0.15, 0.2) is 11.5 Å². The van der Waals surface area contributed by atoms with Gasteiger partial charge in [-0.05, 0) is 12.5 Å². The molecule has 0 radical (unpaired) electrons. The summed E-state index contributed by atoms with van der Waals surface area (Å²) in [5, 5.41) is 22.3. The predicted molar refractivity (Wildman–Crippen MR) is 71.6 cm³/mol. The number of nitro groups is 1. The zero-order chi connectivity index (χ0) is 14.4. The van der Waals surface area contributed by atoms with Crippen LogP contribution in [0.3, 0.4) is 0 Å². The van der Waals surface area contributed by atoms with Crippen LogP contribution in [0, 0.1) is 10.1 Å². The number of nitrogens with two attached hydrogens (primary N) is 1. The first kappa shape index (κ1) is 14.7. The summed E-state index contributed by atoms with van der Waals surface area (Å²) in [7, 11) is 1.83. The second kappa shape index (κ2) is 6.53. The topological polar surface area (TPSA) is 118 Å². The molecule has 19 heavy (non-hydrogen) atoms. The fourth-order valence-corrected chi connectivity index (χ4v) is 1.55. The minimum Gasteiger partial charge on any atom is -0.409 e. The van der Waals surface area contributed by atoms with E-state index in [9.17, 15) is 10.1 Å². The van der Waals surface area contributed by atoms with Crippen LogP contribution < -0.4 is 10.6 Å². The van der Waals surface area contributed by atoms with Crippen molar-refractivity contribution in [1.82, 2.24) is 4.98 Å². The van der Waals surface area contributed by atoms with Crippen molar-refractivity contribution in [3.8, 4) is 0 Å². The molecule has 104 valence electrons. The van der Waals surface area contributed by atoms with Gasteiger partial charge < -0.3 is 15.8 Å². The number of oxime groups is 1. The minimum absolute atomic E-state index is 0.131. The molecule has 1 aromatic heterocycles. The number of aromatic nitrogens is 1. The van der Waals surface area contributed by atoms with Gasteiger partial charge in [-0.15, -0.1) is 0 Å². The van der Waals surface area contributed by atoms with E-state index >= 15 is 0 Å². The van der Waals surface area contributed by atoms with Crippen LogP contribution in [0.5, 0.6) is 0 Å². The number of unbranched alkanes of at least 4 members (excludes halogenated alkanes) is 1. The highest BCUT2D eigenvalue weighted by atomic mass is 16.6.